The highest BCUT2D eigenvalue weighted by Gasteiger charge is 2.67. The van der Waals surface area contributed by atoms with Crippen LogP contribution in [0.3, 0.4) is 0 Å². The number of carbonyl (C=O) groups excluding carboxylic acids is 4. The number of aryl methyl sites for hydroxylation is 2. The van der Waals surface area contributed by atoms with Crippen molar-refractivity contribution in [1.82, 2.24) is 35.3 Å². The third-order valence-corrected chi connectivity index (χ3v) is 10.2. The topological polar surface area (TPSA) is 139 Å². The van der Waals surface area contributed by atoms with Crippen LogP contribution in [0.25, 0.3) is 22.0 Å². The maximum atomic E-state index is 14.4. The van der Waals surface area contributed by atoms with Crippen molar-refractivity contribution >= 4 is 34.4 Å². The Balaban J connectivity index is 1.39. The maximum Gasteiger partial charge on any atom is 0.245 e. The number of ketones is 1. The fraction of sp³-hybridized carbons (Fsp3) is 0.595. The number of benzene rings is 1. The number of aromatic nitrogens is 4. The van der Waals surface area contributed by atoms with Crippen LogP contribution in [0, 0.1) is 17.8 Å². The van der Waals surface area contributed by atoms with E-state index < -0.39 is 6.04 Å². The molecule has 2 aliphatic heterocycles. The molecular weight excluding hydrogens is 606 g/mol. The molecule has 4 atom stereocenters. The van der Waals surface area contributed by atoms with Gasteiger partial charge in [0.25, 0.3) is 0 Å². The van der Waals surface area contributed by atoms with Crippen LogP contribution in [-0.2, 0) is 27.3 Å². The Bertz CT molecular complexity index is 1740. The third-order valence-electron chi connectivity index (χ3n) is 10.2. The summed E-state index contributed by atoms with van der Waals surface area (Å²) in [6.07, 6.45) is 10.3. The Morgan fingerprint density at radius 1 is 1.04 bits per heavy atom. The van der Waals surface area contributed by atoms with E-state index in [-0.39, 0.29) is 53.0 Å². The Morgan fingerprint density at radius 2 is 1.75 bits per heavy atom. The van der Waals surface area contributed by atoms with Crippen LogP contribution in [0.4, 0.5) is 0 Å². The zero-order valence-corrected chi connectivity index (χ0v) is 29.2. The van der Waals surface area contributed by atoms with Gasteiger partial charge in [0.1, 0.15) is 24.1 Å². The number of carbonyl (C=O) groups is 4. The van der Waals surface area contributed by atoms with E-state index >= 15 is 0 Å². The van der Waals surface area contributed by atoms with E-state index in [0.29, 0.717) is 42.7 Å². The van der Waals surface area contributed by atoms with Gasteiger partial charge in [-0.3, -0.25) is 23.9 Å². The Morgan fingerprint density at radius 3 is 2.44 bits per heavy atom. The monoisotopic (exact) mass is 655 g/mol. The first kappa shape index (κ1) is 33.7. The lowest BCUT2D eigenvalue weighted by Gasteiger charge is -2.30. The molecule has 1 aliphatic carbocycles. The van der Waals surface area contributed by atoms with Gasteiger partial charge in [0.05, 0.1) is 5.52 Å². The quantitative estimate of drug-likeness (QED) is 0.372. The van der Waals surface area contributed by atoms with Crippen molar-refractivity contribution in [2.75, 3.05) is 6.54 Å². The molecule has 6 rings (SSSR count). The summed E-state index contributed by atoms with van der Waals surface area (Å²) in [6, 6.07) is 3.20. The maximum absolute atomic E-state index is 14.4. The lowest BCUT2D eigenvalue weighted by molar-refractivity contribution is -0.140. The van der Waals surface area contributed by atoms with Crippen LogP contribution in [0.1, 0.15) is 108 Å². The van der Waals surface area contributed by atoms with Crippen LogP contribution in [-0.4, -0.2) is 72.8 Å². The highest BCUT2D eigenvalue weighted by atomic mass is 16.2. The normalized spacial score (nSPS) is 24.1. The van der Waals surface area contributed by atoms with Crippen molar-refractivity contribution in [2.24, 2.45) is 10.8 Å². The molecule has 11 nitrogen and oxygen atoms in total. The van der Waals surface area contributed by atoms with Crippen LogP contribution < -0.4 is 10.6 Å². The Kier molecular flexibility index (Phi) is 9.17. The summed E-state index contributed by atoms with van der Waals surface area (Å²) in [6.45, 7) is 12.1. The zero-order valence-electron chi connectivity index (χ0n) is 29.2. The summed E-state index contributed by atoms with van der Waals surface area (Å²) in [7, 11) is 0. The molecule has 4 heterocycles. The van der Waals surface area contributed by atoms with Crippen LogP contribution >= 0.6 is 0 Å². The summed E-state index contributed by atoms with van der Waals surface area (Å²) in [5.74, 6) is 0.147. The molecule has 1 aromatic carbocycles. The molecule has 0 unspecified atom stereocenters. The summed E-state index contributed by atoms with van der Waals surface area (Å²) >= 11 is 0. The van der Waals surface area contributed by atoms with E-state index in [9.17, 15) is 19.2 Å². The van der Waals surface area contributed by atoms with E-state index in [4.69, 9.17) is 5.10 Å². The number of Topliss-reactive ketones (excluding diaryl/α,β-unsaturated/α-hetero) is 1. The number of nitrogens with zero attached hydrogens (tertiary/aromatic N) is 5. The number of rotatable bonds is 5. The average Bonchev–Trinajstić information content (AvgIpc) is 3.42. The molecule has 256 valence electrons. The van der Waals surface area contributed by atoms with Gasteiger partial charge in [0.2, 0.25) is 17.7 Å². The highest BCUT2D eigenvalue weighted by Crippen LogP contribution is 2.59. The molecule has 3 amide bonds. The van der Waals surface area contributed by atoms with Gasteiger partial charge in [-0.1, -0.05) is 33.6 Å². The smallest absolute Gasteiger partial charge is 0.245 e. The second kappa shape index (κ2) is 13.0. The van der Waals surface area contributed by atoms with E-state index in [2.05, 4.69) is 47.4 Å². The third kappa shape index (κ3) is 7.00. The van der Waals surface area contributed by atoms with Gasteiger partial charge in [0.15, 0.2) is 5.78 Å². The lowest BCUT2D eigenvalue weighted by Crippen LogP contribution is -2.51. The molecule has 2 bridgehead atoms. The largest absolute Gasteiger partial charge is 0.355 e. The molecule has 1 saturated heterocycles. The van der Waals surface area contributed by atoms with Gasteiger partial charge in [0, 0.05) is 60.7 Å². The molecule has 2 N–H and O–H groups in total. The predicted molar refractivity (Wildman–Crippen MR) is 183 cm³/mol. The van der Waals surface area contributed by atoms with Crippen LogP contribution in [0.15, 0.2) is 24.5 Å². The Labute approximate surface area is 282 Å². The molecule has 2 fully saturated rings. The second-order valence-electron chi connectivity index (χ2n) is 15.6. The average molecular weight is 656 g/mol. The van der Waals surface area contributed by atoms with E-state index in [0.717, 1.165) is 60.7 Å². The number of hydrogen-bond donors (Lipinski definition) is 2. The lowest BCUT2D eigenvalue weighted by atomic mass is 9.88. The van der Waals surface area contributed by atoms with Crippen molar-refractivity contribution in [1.29, 1.82) is 0 Å². The molecule has 3 aliphatic rings. The number of amides is 3. The molecular formula is C37H49N7O4. The minimum Gasteiger partial charge on any atom is -0.355 e. The molecule has 48 heavy (non-hydrogen) atoms. The SMILES string of the molecule is CC(=O)c1nn2c3c(cc(-c4cnc(C)nc4)cc13)CCCCCCC(=O)NC[C@@]13C[C@@H](C(=O)N[C@@H](C)CC(C)(C)C)N(C(=O)C2)[C@@H]1C3. The van der Waals surface area contributed by atoms with Crippen LogP contribution in [0.2, 0.25) is 0 Å². The van der Waals surface area contributed by atoms with Crippen molar-refractivity contribution in [3.05, 3.63) is 41.6 Å². The van der Waals surface area contributed by atoms with Gasteiger partial charge < -0.3 is 15.5 Å². The molecule has 0 spiro atoms. The summed E-state index contributed by atoms with van der Waals surface area (Å²) < 4.78 is 1.68. The van der Waals surface area contributed by atoms with Crippen molar-refractivity contribution in [3.8, 4) is 11.1 Å². The number of piperidine rings is 1. The number of hydrogen-bond acceptors (Lipinski definition) is 7. The van der Waals surface area contributed by atoms with Gasteiger partial charge in [-0.15, -0.1) is 0 Å². The first-order valence-corrected chi connectivity index (χ1v) is 17.5. The molecule has 2 aromatic heterocycles. The summed E-state index contributed by atoms with van der Waals surface area (Å²) in [4.78, 5) is 64.6. The summed E-state index contributed by atoms with van der Waals surface area (Å²) in [5, 5.41) is 11.8. The molecule has 0 radical (unpaired) electrons. The zero-order chi connectivity index (χ0) is 34.4. The minimum atomic E-state index is -0.642. The standard InChI is InChI=1S/C37H49N7O4/c1-22(15-36(4,5)6)41-35(48)29-16-37-17-30(37)44(29)32(47)20-43-34-25(11-9-7-8-10-12-31(46)40-21-37)13-26(27-18-38-24(3)39-19-27)14-28(34)33(42-43)23(2)45/h13-14,18-19,22,29-30H,7-12,15-17,20-21H2,1-6H3,(H,40,46)(H,41,48)/t22-,29-,30+,37-/m0/s1. The number of nitrogens with one attached hydrogen (secondary N) is 2. The van der Waals surface area contributed by atoms with Gasteiger partial charge in [-0.05, 0) is 81.0 Å². The van der Waals surface area contributed by atoms with Crippen molar-refractivity contribution in [2.45, 2.75) is 124 Å². The van der Waals surface area contributed by atoms with E-state index in [1.54, 1.807) is 22.0 Å². The van der Waals surface area contributed by atoms with Crippen molar-refractivity contribution < 1.29 is 19.2 Å². The first-order valence-electron chi connectivity index (χ1n) is 17.5. The second-order valence-corrected chi connectivity index (χ2v) is 15.6. The van der Waals surface area contributed by atoms with E-state index in [1.807, 2.05) is 19.9 Å². The molecule has 11 heteroatoms. The fourth-order valence-electron chi connectivity index (χ4n) is 7.98. The highest BCUT2D eigenvalue weighted by molar-refractivity contribution is 6.07. The van der Waals surface area contributed by atoms with Gasteiger partial charge in [-0.25, -0.2) is 9.97 Å². The van der Waals surface area contributed by atoms with E-state index in [1.165, 1.54) is 6.92 Å². The summed E-state index contributed by atoms with van der Waals surface area (Å²) in [5.41, 5.74) is 3.52. The fourth-order valence-corrected chi connectivity index (χ4v) is 7.98. The minimum absolute atomic E-state index is 0.0237. The molecule has 3 aromatic rings. The molecule has 1 saturated carbocycles. The Hall–Kier alpha value is -4.15. The first-order chi connectivity index (χ1) is 22.7. The van der Waals surface area contributed by atoms with Crippen molar-refractivity contribution in [3.63, 3.8) is 0 Å². The predicted octanol–water partition coefficient (Wildman–Crippen LogP) is 4.93. The van der Waals surface area contributed by atoms with Gasteiger partial charge >= 0.3 is 0 Å². The van der Waals surface area contributed by atoms with Gasteiger partial charge in [-0.2, -0.15) is 5.10 Å². The van der Waals surface area contributed by atoms with Crippen LogP contribution in [0.5, 0.6) is 0 Å².